The lowest BCUT2D eigenvalue weighted by Crippen LogP contribution is -2.36. The smallest absolute Gasteiger partial charge is 0.271 e. The minimum absolute atomic E-state index is 0.171. The highest BCUT2D eigenvalue weighted by molar-refractivity contribution is 5.92. The van der Waals surface area contributed by atoms with Crippen molar-refractivity contribution in [2.45, 2.75) is 38.1 Å². The Morgan fingerprint density at radius 2 is 1.88 bits per heavy atom. The molecule has 1 heterocycles. The third-order valence-corrected chi connectivity index (χ3v) is 4.49. The van der Waals surface area contributed by atoms with Crippen LogP contribution in [0.4, 0.5) is 11.5 Å². The molecule has 2 N–H and O–H groups in total. The second-order valence-electron chi connectivity index (χ2n) is 6.29. The van der Waals surface area contributed by atoms with Gasteiger partial charge in [-0.3, -0.25) is 4.79 Å². The number of ether oxygens (including phenoxy) is 2. The summed E-state index contributed by atoms with van der Waals surface area (Å²) in [5, 5.41) is 6.17. The zero-order chi connectivity index (χ0) is 18.4. The molecule has 1 saturated carbocycles. The van der Waals surface area contributed by atoms with Crippen LogP contribution in [-0.4, -0.2) is 36.1 Å². The lowest BCUT2D eigenvalue weighted by atomic mass is 9.95. The molecule has 0 unspecified atom stereocenters. The first-order valence-corrected chi connectivity index (χ1v) is 8.81. The van der Waals surface area contributed by atoms with Gasteiger partial charge in [0, 0.05) is 12.1 Å². The number of carbonyl (C=O) groups is 1. The molecule has 7 heteroatoms. The van der Waals surface area contributed by atoms with Crippen LogP contribution in [0, 0.1) is 0 Å². The Morgan fingerprint density at radius 3 is 2.54 bits per heavy atom. The second-order valence-corrected chi connectivity index (χ2v) is 6.29. The fourth-order valence-electron chi connectivity index (χ4n) is 3.07. The van der Waals surface area contributed by atoms with E-state index in [1.54, 1.807) is 20.3 Å². The molecule has 0 atom stereocenters. The summed E-state index contributed by atoms with van der Waals surface area (Å²) < 4.78 is 10.6. The fourth-order valence-corrected chi connectivity index (χ4v) is 3.07. The zero-order valence-electron chi connectivity index (χ0n) is 15.1. The van der Waals surface area contributed by atoms with E-state index in [9.17, 15) is 4.79 Å². The number of carbonyl (C=O) groups excluding carboxylic acids is 1. The molecule has 0 radical (unpaired) electrons. The van der Waals surface area contributed by atoms with Crippen molar-refractivity contribution in [3.8, 4) is 11.5 Å². The molecule has 0 aliphatic heterocycles. The van der Waals surface area contributed by atoms with Gasteiger partial charge < -0.3 is 20.1 Å². The quantitative estimate of drug-likeness (QED) is 0.826. The van der Waals surface area contributed by atoms with Crippen LogP contribution in [-0.2, 0) is 0 Å². The first-order chi connectivity index (χ1) is 12.7. The Morgan fingerprint density at radius 1 is 1.08 bits per heavy atom. The maximum absolute atomic E-state index is 12.3. The lowest BCUT2D eigenvalue weighted by molar-refractivity contribution is 0.0922. The molecule has 1 amide bonds. The van der Waals surface area contributed by atoms with Crippen molar-refractivity contribution in [3.05, 3.63) is 36.3 Å². The maximum atomic E-state index is 12.3. The van der Waals surface area contributed by atoms with E-state index in [0.717, 1.165) is 12.8 Å². The SMILES string of the molecule is COc1ccc(OC)c(Nc2cnc(C(=O)NC3CCCCC3)cn2)c1. The predicted octanol–water partition coefficient (Wildman–Crippen LogP) is 3.30. The third-order valence-electron chi connectivity index (χ3n) is 4.49. The van der Waals surface area contributed by atoms with Gasteiger partial charge in [0.1, 0.15) is 23.0 Å². The Balaban J connectivity index is 1.66. The minimum Gasteiger partial charge on any atom is -0.497 e. The van der Waals surface area contributed by atoms with Crippen LogP contribution in [0.1, 0.15) is 42.6 Å². The summed E-state index contributed by atoms with van der Waals surface area (Å²) in [5.41, 5.74) is 1.03. The van der Waals surface area contributed by atoms with Gasteiger partial charge in [-0.05, 0) is 25.0 Å². The van der Waals surface area contributed by atoms with Gasteiger partial charge in [0.25, 0.3) is 5.91 Å². The van der Waals surface area contributed by atoms with Crippen LogP contribution >= 0.6 is 0 Å². The highest BCUT2D eigenvalue weighted by Gasteiger charge is 2.17. The van der Waals surface area contributed by atoms with Crippen LogP contribution < -0.4 is 20.1 Å². The summed E-state index contributed by atoms with van der Waals surface area (Å²) in [6.45, 7) is 0. The monoisotopic (exact) mass is 356 g/mol. The highest BCUT2D eigenvalue weighted by Crippen LogP contribution is 2.30. The fraction of sp³-hybridized carbons (Fsp3) is 0.421. The Labute approximate surface area is 153 Å². The zero-order valence-corrected chi connectivity index (χ0v) is 15.1. The summed E-state index contributed by atoms with van der Waals surface area (Å²) in [6.07, 6.45) is 8.68. The predicted molar refractivity (Wildman–Crippen MR) is 99.2 cm³/mol. The van der Waals surface area contributed by atoms with Crippen LogP contribution in [0.25, 0.3) is 0 Å². The number of hydrogen-bond acceptors (Lipinski definition) is 6. The molecule has 138 valence electrons. The summed E-state index contributed by atoms with van der Waals surface area (Å²) >= 11 is 0. The van der Waals surface area contributed by atoms with E-state index in [0.29, 0.717) is 28.7 Å². The molecule has 0 saturated heterocycles. The van der Waals surface area contributed by atoms with Gasteiger partial charge in [-0.2, -0.15) is 0 Å². The molecule has 26 heavy (non-hydrogen) atoms. The highest BCUT2D eigenvalue weighted by atomic mass is 16.5. The molecule has 1 aromatic heterocycles. The summed E-state index contributed by atoms with van der Waals surface area (Å²) in [5.74, 6) is 1.71. The number of amides is 1. The number of benzene rings is 1. The van der Waals surface area contributed by atoms with Gasteiger partial charge in [-0.15, -0.1) is 0 Å². The third kappa shape index (κ3) is 4.41. The number of nitrogens with zero attached hydrogens (tertiary/aromatic N) is 2. The van der Waals surface area contributed by atoms with E-state index in [1.165, 1.54) is 31.7 Å². The van der Waals surface area contributed by atoms with Gasteiger partial charge in [-0.25, -0.2) is 9.97 Å². The van der Waals surface area contributed by atoms with E-state index < -0.39 is 0 Å². The number of anilines is 2. The summed E-state index contributed by atoms with van der Waals surface area (Å²) in [4.78, 5) is 20.8. The van der Waals surface area contributed by atoms with E-state index in [2.05, 4.69) is 20.6 Å². The topological polar surface area (TPSA) is 85.4 Å². The molecule has 7 nitrogen and oxygen atoms in total. The molecular weight excluding hydrogens is 332 g/mol. The van der Waals surface area contributed by atoms with Gasteiger partial charge in [0.05, 0.1) is 32.3 Å². The number of rotatable bonds is 6. The lowest BCUT2D eigenvalue weighted by Gasteiger charge is -2.22. The number of aromatic nitrogens is 2. The standard InChI is InChI=1S/C19H24N4O3/c1-25-14-8-9-17(26-2)15(10-14)23-18-12-20-16(11-21-18)19(24)22-13-6-4-3-5-7-13/h8-13H,3-7H2,1-2H3,(H,21,23)(H,22,24). The largest absolute Gasteiger partial charge is 0.497 e. The molecule has 1 aliphatic rings. The van der Waals surface area contributed by atoms with E-state index in [4.69, 9.17) is 9.47 Å². The van der Waals surface area contributed by atoms with Crippen LogP contribution in [0.5, 0.6) is 11.5 Å². The van der Waals surface area contributed by atoms with Crippen molar-refractivity contribution in [2.24, 2.45) is 0 Å². The Hall–Kier alpha value is -2.83. The molecule has 1 aromatic carbocycles. The van der Waals surface area contributed by atoms with Gasteiger partial charge in [-0.1, -0.05) is 19.3 Å². The molecular formula is C19H24N4O3. The average molecular weight is 356 g/mol. The van der Waals surface area contributed by atoms with Crippen molar-refractivity contribution < 1.29 is 14.3 Å². The number of hydrogen-bond donors (Lipinski definition) is 2. The van der Waals surface area contributed by atoms with Crippen LogP contribution in [0.15, 0.2) is 30.6 Å². The normalized spacial score (nSPS) is 14.5. The molecule has 1 aliphatic carbocycles. The molecule has 1 fully saturated rings. The van der Waals surface area contributed by atoms with Crippen molar-refractivity contribution in [1.29, 1.82) is 0 Å². The van der Waals surface area contributed by atoms with E-state index in [-0.39, 0.29) is 11.9 Å². The van der Waals surface area contributed by atoms with Gasteiger partial charge in [0.2, 0.25) is 0 Å². The van der Waals surface area contributed by atoms with Crippen molar-refractivity contribution in [3.63, 3.8) is 0 Å². The van der Waals surface area contributed by atoms with Crippen molar-refractivity contribution in [2.75, 3.05) is 19.5 Å². The average Bonchev–Trinajstić information content (AvgIpc) is 2.69. The maximum Gasteiger partial charge on any atom is 0.271 e. The van der Waals surface area contributed by atoms with Crippen molar-refractivity contribution >= 4 is 17.4 Å². The first-order valence-electron chi connectivity index (χ1n) is 8.81. The van der Waals surface area contributed by atoms with Crippen molar-refractivity contribution in [1.82, 2.24) is 15.3 Å². The van der Waals surface area contributed by atoms with E-state index in [1.807, 2.05) is 12.1 Å². The first kappa shape index (κ1) is 18.0. The second kappa shape index (κ2) is 8.51. The Bertz CT molecular complexity index is 743. The van der Waals surface area contributed by atoms with Crippen LogP contribution in [0.2, 0.25) is 0 Å². The molecule has 0 spiro atoms. The Kier molecular flexibility index (Phi) is 5.88. The molecule has 0 bridgehead atoms. The number of methoxy groups -OCH3 is 2. The van der Waals surface area contributed by atoms with Crippen LogP contribution in [0.3, 0.4) is 0 Å². The van der Waals surface area contributed by atoms with Gasteiger partial charge >= 0.3 is 0 Å². The number of nitrogens with one attached hydrogen (secondary N) is 2. The molecule has 2 aromatic rings. The molecule has 3 rings (SSSR count). The summed E-state index contributed by atoms with van der Waals surface area (Å²) in [7, 11) is 3.20. The van der Waals surface area contributed by atoms with Gasteiger partial charge in [0.15, 0.2) is 0 Å². The van der Waals surface area contributed by atoms with E-state index >= 15 is 0 Å². The summed E-state index contributed by atoms with van der Waals surface area (Å²) in [6, 6.07) is 5.68. The minimum atomic E-state index is -0.171.